The molecule has 0 spiro atoms. The first kappa shape index (κ1) is 16.4. The lowest BCUT2D eigenvalue weighted by Crippen LogP contribution is -2.55. The number of piperazine rings is 1. The number of nitrogens with one attached hydrogen (secondary N) is 3. The maximum atomic E-state index is 11.8. The molecule has 1 rings (SSSR count). The largest absolute Gasteiger partial charge is 0.355 e. The van der Waals surface area contributed by atoms with Gasteiger partial charge in [0.15, 0.2) is 0 Å². The van der Waals surface area contributed by atoms with Crippen LogP contribution in [0.4, 0.5) is 0 Å². The molecule has 4 nitrogen and oxygen atoms in total. The van der Waals surface area contributed by atoms with Crippen molar-refractivity contribution in [2.75, 3.05) is 26.2 Å². The number of amides is 1. The summed E-state index contributed by atoms with van der Waals surface area (Å²) in [6.45, 7) is 5.67. The second-order valence-electron chi connectivity index (χ2n) is 5.48. The lowest BCUT2D eigenvalue weighted by atomic mass is 10.1. The van der Waals surface area contributed by atoms with Crippen LogP contribution in [-0.4, -0.2) is 38.1 Å². The predicted octanol–water partition coefficient (Wildman–Crippen LogP) is 1.80. The zero-order valence-corrected chi connectivity index (χ0v) is 12.5. The van der Waals surface area contributed by atoms with E-state index in [1.165, 1.54) is 44.9 Å². The smallest absolute Gasteiger partial charge is 0.238 e. The lowest BCUT2D eigenvalue weighted by molar-refractivity contribution is -0.123. The van der Waals surface area contributed by atoms with Crippen LogP contribution in [0.15, 0.2) is 0 Å². The molecule has 0 saturated carbocycles. The summed E-state index contributed by atoms with van der Waals surface area (Å²) in [5, 5.41) is 9.47. The highest BCUT2D eigenvalue weighted by Gasteiger charge is 2.19. The summed E-state index contributed by atoms with van der Waals surface area (Å²) in [7, 11) is 0. The van der Waals surface area contributed by atoms with Crippen LogP contribution in [0.1, 0.15) is 58.3 Å². The molecule has 1 heterocycles. The number of carbonyl (C=O) groups is 1. The number of hydrogen-bond donors (Lipinski definition) is 3. The summed E-state index contributed by atoms with van der Waals surface area (Å²) in [5.74, 6) is 0.148. The topological polar surface area (TPSA) is 53.2 Å². The average molecular weight is 269 g/mol. The van der Waals surface area contributed by atoms with Crippen LogP contribution in [0.5, 0.6) is 0 Å². The van der Waals surface area contributed by atoms with Gasteiger partial charge in [0.05, 0.1) is 6.04 Å². The van der Waals surface area contributed by atoms with Gasteiger partial charge >= 0.3 is 0 Å². The quantitative estimate of drug-likeness (QED) is 0.530. The van der Waals surface area contributed by atoms with Gasteiger partial charge in [-0.3, -0.25) is 4.79 Å². The fourth-order valence-corrected chi connectivity index (χ4v) is 2.43. The van der Waals surface area contributed by atoms with Crippen molar-refractivity contribution in [1.29, 1.82) is 0 Å². The van der Waals surface area contributed by atoms with Crippen LogP contribution < -0.4 is 16.0 Å². The maximum absolute atomic E-state index is 11.8. The summed E-state index contributed by atoms with van der Waals surface area (Å²) in [5.41, 5.74) is 0. The zero-order chi connectivity index (χ0) is 13.8. The van der Waals surface area contributed by atoms with Gasteiger partial charge in [-0.1, -0.05) is 51.9 Å². The fraction of sp³-hybridized carbons (Fsp3) is 0.933. The van der Waals surface area contributed by atoms with Gasteiger partial charge < -0.3 is 16.0 Å². The van der Waals surface area contributed by atoms with Gasteiger partial charge in [-0.15, -0.1) is 0 Å². The Bertz CT molecular complexity index is 227. The molecule has 0 bridgehead atoms. The van der Waals surface area contributed by atoms with Crippen molar-refractivity contribution in [3.8, 4) is 0 Å². The summed E-state index contributed by atoms with van der Waals surface area (Å²) in [6, 6.07) is -0.0391. The van der Waals surface area contributed by atoms with Gasteiger partial charge in [0.1, 0.15) is 0 Å². The maximum Gasteiger partial charge on any atom is 0.238 e. The molecule has 4 heteroatoms. The Hall–Kier alpha value is -0.610. The van der Waals surface area contributed by atoms with Crippen LogP contribution in [0.25, 0.3) is 0 Å². The van der Waals surface area contributed by atoms with Crippen molar-refractivity contribution in [2.45, 2.75) is 64.3 Å². The van der Waals surface area contributed by atoms with Gasteiger partial charge in [-0.25, -0.2) is 0 Å². The first-order valence-corrected chi connectivity index (χ1v) is 8.06. The van der Waals surface area contributed by atoms with Crippen molar-refractivity contribution in [3.05, 3.63) is 0 Å². The van der Waals surface area contributed by atoms with E-state index >= 15 is 0 Å². The van der Waals surface area contributed by atoms with Crippen LogP contribution in [-0.2, 0) is 4.79 Å². The Morgan fingerprint density at radius 3 is 2.37 bits per heavy atom. The molecular formula is C15H31N3O. The van der Waals surface area contributed by atoms with E-state index in [0.717, 1.165) is 32.6 Å². The molecule has 19 heavy (non-hydrogen) atoms. The molecule has 1 atom stereocenters. The van der Waals surface area contributed by atoms with Gasteiger partial charge in [0, 0.05) is 26.2 Å². The minimum atomic E-state index is -0.0391. The van der Waals surface area contributed by atoms with Crippen LogP contribution in [0, 0.1) is 0 Å². The standard InChI is InChI=1S/C15H31N3O/c1-2-3-4-5-6-7-8-9-10-18-15(19)14-13-16-11-12-17-14/h14,16-17H,2-13H2,1H3,(H,18,19). The van der Waals surface area contributed by atoms with E-state index in [1.807, 2.05) is 0 Å². The SMILES string of the molecule is CCCCCCCCCCNC(=O)C1CNCCN1. The number of hydrogen-bond acceptors (Lipinski definition) is 3. The van der Waals surface area contributed by atoms with Crippen LogP contribution in [0.3, 0.4) is 0 Å². The monoisotopic (exact) mass is 269 g/mol. The third-order valence-electron chi connectivity index (χ3n) is 3.69. The van der Waals surface area contributed by atoms with E-state index in [0.29, 0.717) is 0 Å². The van der Waals surface area contributed by atoms with Gasteiger partial charge in [-0.05, 0) is 6.42 Å². The summed E-state index contributed by atoms with van der Waals surface area (Å²) in [4.78, 5) is 11.8. The third-order valence-corrected chi connectivity index (χ3v) is 3.69. The van der Waals surface area contributed by atoms with Crippen molar-refractivity contribution in [1.82, 2.24) is 16.0 Å². The summed E-state index contributed by atoms with van der Waals surface area (Å²) < 4.78 is 0. The molecule has 0 aromatic rings. The first-order valence-electron chi connectivity index (χ1n) is 8.06. The molecule has 0 radical (unpaired) electrons. The summed E-state index contributed by atoms with van der Waals surface area (Å²) >= 11 is 0. The molecule has 0 aromatic carbocycles. The van der Waals surface area contributed by atoms with Crippen molar-refractivity contribution in [2.24, 2.45) is 0 Å². The second-order valence-corrected chi connectivity index (χ2v) is 5.48. The van der Waals surface area contributed by atoms with Crippen LogP contribution in [0.2, 0.25) is 0 Å². The Labute approximate surface area is 118 Å². The van der Waals surface area contributed by atoms with Gasteiger partial charge in [0.25, 0.3) is 0 Å². The molecule has 112 valence electrons. The van der Waals surface area contributed by atoms with Gasteiger partial charge in [0.2, 0.25) is 5.91 Å². The van der Waals surface area contributed by atoms with Crippen LogP contribution >= 0.6 is 0 Å². The van der Waals surface area contributed by atoms with E-state index < -0.39 is 0 Å². The zero-order valence-electron chi connectivity index (χ0n) is 12.5. The fourth-order valence-electron chi connectivity index (χ4n) is 2.43. The molecule has 1 saturated heterocycles. The number of carbonyl (C=O) groups excluding carboxylic acids is 1. The van der Waals surface area contributed by atoms with Crippen molar-refractivity contribution >= 4 is 5.91 Å². The normalized spacial score (nSPS) is 19.3. The molecule has 0 aromatic heterocycles. The lowest BCUT2D eigenvalue weighted by Gasteiger charge is -2.23. The van der Waals surface area contributed by atoms with Crippen molar-refractivity contribution in [3.63, 3.8) is 0 Å². The molecule has 1 amide bonds. The molecule has 1 aliphatic rings. The van der Waals surface area contributed by atoms with E-state index in [4.69, 9.17) is 0 Å². The molecule has 1 fully saturated rings. The number of unbranched alkanes of at least 4 members (excludes halogenated alkanes) is 7. The Kier molecular flexibility index (Phi) is 9.72. The minimum absolute atomic E-state index is 0.0391. The highest BCUT2D eigenvalue weighted by Crippen LogP contribution is 2.07. The molecular weight excluding hydrogens is 238 g/mol. The van der Waals surface area contributed by atoms with E-state index in [-0.39, 0.29) is 11.9 Å². The Morgan fingerprint density at radius 1 is 1.05 bits per heavy atom. The Morgan fingerprint density at radius 2 is 1.74 bits per heavy atom. The van der Waals surface area contributed by atoms with Gasteiger partial charge in [-0.2, -0.15) is 0 Å². The minimum Gasteiger partial charge on any atom is -0.355 e. The van der Waals surface area contributed by atoms with E-state index in [9.17, 15) is 4.79 Å². The Balaban J connectivity index is 1.86. The molecule has 0 aliphatic carbocycles. The predicted molar refractivity (Wildman–Crippen MR) is 80.3 cm³/mol. The molecule has 1 unspecified atom stereocenters. The van der Waals surface area contributed by atoms with E-state index in [2.05, 4.69) is 22.9 Å². The van der Waals surface area contributed by atoms with E-state index in [1.54, 1.807) is 0 Å². The average Bonchev–Trinajstić information content (AvgIpc) is 2.46. The second kappa shape index (κ2) is 11.2. The first-order chi connectivity index (χ1) is 9.34. The highest BCUT2D eigenvalue weighted by molar-refractivity contribution is 5.82. The highest BCUT2D eigenvalue weighted by atomic mass is 16.2. The molecule has 1 aliphatic heterocycles. The summed E-state index contributed by atoms with van der Waals surface area (Å²) in [6.07, 6.45) is 10.5. The van der Waals surface area contributed by atoms with Crippen molar-refractivity contribution < 1.29 is 4.79 Å². The molecule has 3 N–H and O–H groups in total. The number of rotatable bonds is 10. The third kappa shape index (κ3) is 8.22.